The molecule has 1 atom stereocenters. The average molecular weight is 469 g/mol. The van der Waals surface area contributed by atoms with Crippen molar-refractivity contribution in [3.05, 3.63) is 41.6 Å². The minimum atomic E-state index is -0.128. The van der Waals surface area contributed by atoms with Crippen LogP contribution in [0.3, 0.4) is 0 Å². The van der Waals surface area contributed by atoms with Crippen molar-refractivity contribution in [3.8, 4) is 11.3 Å². The molecule has 1 unspecified atom stereocenters. The number of hydrogen-bond donors (Lipinski definition) is 2. The van der Waals surface area contributed by atoms with Gasteiger partial charge in [-0.1, -0.05) is 75.3 Å². The van der Waals surface area contributed by atoms with Gasteiger partial charge >= 0.3 is 0 Å². The molecule has 1 aromatic carbocycles. The predicted octanol–water partition coefficient (Wildman–Crippen LogP) is 4.49. The third kappa shape index (κ3) is 7.16. The topological polar surface area (TPSA) is 87.5 Å². The van der Waals surface area contributed by atoms with Crippen LogP contribution in [0, 0.1) is 6.92 Å². The number of benzene rings is 1. The number of carbonyl (C=O) groups excluding carboxylic acids is 2. The van der Waals surface area contributed by atoms with Crippen LogP contribution in [0.1, 0.15) is 86.8 Å². The Morgan fingerprint density at radius 3 is 2.56 bits per heavy atom. The molecule has 0 aliphatic carbocycles. The molecular formula is C27H40N4O3. The lowest BCUT2D eigenvalue weighted by Crippen LogP contribution is -2.47. The largest absolute Gasteiger partial charge is 0.396 e. The lowest BCUT2D eigenvalue weighted by atomic mass is 10.0. The smallest absolute Gasteiger partial charge is 0.272 e. The number of rotatable bonds is 14. The Hall–Kier alpha value is -2.67. The highest BCUT2D eigenvalue weighted by atomic mass is 16.3. The maximum atomic E-state index is 13.3. The maximum absolute atomic E-state index is 13.3. The minimum Gasteiger partial charge on any atom is -0.396 e. The summed E-state index contributed by atoms with van der Waals surface area (Å²) < 4.78 is 1.90. The summed E-state index contributed by atoms with van der Waals surface area (Å²) in [4.78, 5) is 27.5. The standard InChI is InChI=1S/C27H40N4O3/c1-3-4-8-11-23-19-30(20-26(33)28-16-9-6-5-7-10-17-32)27(34)25-18-24(29-31(23)25)22-14-12-21(2)13-15-22/h12-15,18,23,32H,3-11,16-17,19-20H2,1-2H3,(H,28,33). The first-order valence-corrected chi connectivity index (χ1v) is 12.9. The Morgan fingerprint density at radius 2 is 1.82 bits per heavy atom. The number of carbonyl (C=O) groups is 2. The van der Waals surface area contributed by atoms with Crippen LogP contribution in [0.15, 0.2) is 30.3 Å². The van der Waals surface area contributed by atoms with E-state index >= 15 is 0 Å². The first kappa shape index (κ1) is 25.9. The summed E-state index contributed by atoms with van der Waals surface area (Å²) >= 11 is 0. The monoisotopic (exact) mass is 468 g/mol. The number of nitrogens with zero attached hydrogens (tertiary/aromatic N) is 3. The normalized spacial score (nSPS) is 15.4. The second-order valence-corrected chi connectivity index (χ2v) is 9.40. The number of amides is 2. The van der Waals surface area contributed by atoms with Gasteiger partial charge in [-0.15, -0.1) is 0 Å². The first-order valence-electron chi connectivity index (χ1n) is 12.9. The van der Waals surface area contributed by atoms with Crippen molar-refractivity contribution in [1.29, 1.82) is 0 Å². The molecule has 7 nitrogen and oxygen atoms in total. The molecule has 34 heavy (non-hydrogen) atoms. The molecule has 0 fully saturated rings. The Balaban J connectivity index is 1.64. The van der Waals surface area contributed by atoms with Crippen molar-refractivity contribution in [2.75, 3.05) is 26.2 Å². The summed E-state index contributed by atoms with van der Waals surface area (Å²) in [5.41, 5.74) is 3.55. The summed E-state index contributed by atoms with van der Waals surface area (Å²) in [5.74, 6) is -0.237. The van der Waals surface area contributed by atoms with Crippen LogP contribution >= 0.6 is 0 Å². The lowest BCUT2D eigenvalue weighted by molar-refractivity contribution is -0.122. The van der Waals surface area contributed by atoms with Gasteiger partial charge in [-0.2, -0.15) is 5.10 Å². The third-order valence-electron chi connectivity index (χ3n) is 6.50. The van der Waals surface area contributed by atoms with E-state index < -0.39 is 0 Å². The zero-order valence-corrected chi connectivity index (χ0v) is 20.8. The Kier molecular flexibility index (Phi) is 10.1. The van der Waals surface area contributed by atoms with Crippen LogP contribution in [-0.2, 0) is 4.79 Å². The van der Waals surface area contributed by atoms with Gasteiger partial charge in [0.15, 0.2) is 0 Å². The maximum Gasteiger partial charge on any atom is 0.272 e. The minimum absolute atomic E-state index is 0.0813. The molecule has 0 bridgehead atoms. The third-order valence-corrected chi connectivity index (χ3v) is 6.50. The van der Waals surface area contributed by atoms with Crippen LogP contribution < -0.4 is 5.32 Å². The molecule has 1 aliphatic rings. The molecule has 0 saturated carbocycles. The van der Waals surface area contributed by atoms with E-state index in [9.17, 15) is 9.59 Å². The zero-order chi connectivity index (χ0) is 24.3. The molecule has 7 heteroatoms. The quantitative estimate of drug-likeness (QED) is 0.400. The first-order chi connectivity index (χ1) is 16.5. The van der Waals surface area contributed by atoms with E-state index in [0.29, 0.717) is 18.8 Å². The Morgan fingerprint density at radius 1 is 1.09 bits per heavy atom. The number of aliphatic hydroxyl groups is 1. The molecular weight excluding hydrogens is 428 g/mol. The van der Waals surface area contributed by atoms with E-state index in [4.69, 9.17) is 10.2 Å². The molecule has 0 radical (unpaired) electrons. The van der Waals surface area contributed by atoms with Crippen molar-refractivity contribution in [3.63, 3.8) is 0 Å². The number of aryl methyl sites for hydroxylation is 1. The van der Waals surface area contributed by atoms with Crippen LogP contribution in [-0.4, -0.2) is 57.8 Å². The second kappa shape index (κ2) is 13.3. The summed E-state index contributed by atoms with van der Waals surface area (Å²) in [5, 5.41) is 16.6. The molecule has 186 valence electrons. The van der Waals surface area contributed by atoms with Crippen LogP contribution in [0.2, 0.25) is 0 Å². The van der Waals surface area contributed by atoms with Gasteiger partial charge in [-0.05, 0) is 32.3 Å². The molecule has 0 saturated heterocycles. The highest BCUT2D eigenvalue weighted by molar-refractivity contribution is 5.96. The molecule has 3 rings (SSSR count). The van der Waals surface area contributed by atoms with E-state index in [1.807, 2.05) is 22.9 Å². The highest BCUT2D eigenvalue weighted by Crippen LogP contribution is 2.29. The van der Waals surface area contributed by atoms with E-state index in [-0.39, 0.29) is 31.0 Å². The fourth-order valence-electron chi connectivity index (χ4n) is 4.48. The number of fused-ring (bicyclic) bond motifs is 1. The summed E-state index contributed by atoms with van der Waals surface area (Å²) in [7, 11) is 0. The molecule has 0 spiro atoms. The average Bonchev–Trinajstić information content (AvgIpc) is 3.28. The molecule has 2 aromatic rings. The van der Waals surface area contributed by atoms with Crippen molar-refractivity contribution < 1.29 is 14.7 Å². The fraction of sp³-hybridized carbons (Fsp3) is 0.593. The lowest BCUT2D eigenvalue weighted by Gasteiger charge is -2.33. The van der Waals surface area contributed by atoms with Gasteiger partial charge in [0.1, 0.15) is 5.69 Å². The molecule has 1 aromatic heterocycles. The van der Waals surface area contributed by atoms with Gasteiger partial charge in [0, 0.05) is 25.3 Å². The van der Waals surface area contributed by atoms with E-state index in [0.717, 1.165) is 69.0 Å². The fourth-order valence-corrected chi connectivity index (χ4v) is 4.48. The van der Waals surface area contributed by atoms with E-state index in [1.54, 1.807) is 4.90 Å². The second-order valence-electron chi connectivity index (χ2n) is 9.40. The van der Waals surface area contributed by atoms with Crippen LogP contribution in [0.25, 0.3) is 11.3 Å². The van der Waals surface area contributed by atoms with Crippen molar-refractivity contribution in [2.24, 2.45) is 0 Å². The zero-order valence-electron chi connectivity index (χ0n) is 20.8. The Labute approximate surface area is 203 Å². The van der Waals surface area contributed by atoms with Gasteiger partial charge < -0.3 is 15.3 Å². The van der Waals surface area contributed by atoms with E-state index in [2.05, 4.69) is 31.3 Å². The molecule has 1 aliphatic heterocycles. The van der Waals surface area contributed by atoms with Gasteiger partial charge in [-0.25, -0.2) is 0 Å². The molecule has 2 amide bonds. The number of aliphatic hydroxyl groups excluding tert-OH is 1. The van der Waals surface area contributed by atoms with Crippen molar-refractivity contribution >= 4 is 11.8 Å². The number of hydrogen-bond acceptors (Lipinski definition) is 4. The number of aromatic nitrogens is 2. The highest BCUT2D eigenvalue weighted by Gasteiger charge is 2.33. The van der Waals surface area contributed by atoms with Crippen LogP contribution in [0.4, 0.5) is 0 Å². The predicted molar refractivity (Wildman–Crippen MR) is 135 cm³/mol. The Bertz CT molecular complexity index is 922. The number of unbranched alkanes of at least 4 members (excludes halogenated alkanes) is 6. The summed E-state index contributed by atoms with van der Waals surface area (Å²) in [6, 6.07) is 10.1. The van der Waals surface area contributed by atoms with Gasteiger partial charge in [0.05, 0.1) is 18.3 Å². The van der Waals surface area contributed by atoms with E-state index in [1.165, 1.54) is 5.56 Å². The van der Waals surface area contributed by atoms with Crippen molar-refractivity contribution in [1.82, 2.24) is 20.0 Å². The number of nitrogens with one attached hydrogen (secondary N) is 1. The summed E-state index contributed by atoms with van der Waals surface area (Å²) in [6.45, 7) is 5.69. The molecule has 2 N–H and O–H groups in total. The summed E-state index contributed by atoms with van der Waals surface area (Å²) in [6.07, 6.45) is 9.16. The van der Waals surface area contributed by atoms with Crippen LogP contribution in [0.5, 0.6) is 0 Å². The molecule has 2 heterocycles. The van der Waals surface area contributed by atoms with Gasteiger partial charge in [0.25, 0.3) is 5.91 Å². The van der Waals surface area contributed by atoms with Gasteiger partial charge in [0.2, 0.25) is 5.91 Å². The van der Waals surface area contributed by atoms with Crippen molar-refractivity contribution in [2.45, 2.75) is 77.7 Å². The van der Waals surface area contributed by atoms with Gasteiger partial charge in [-0.3, -0.25) is 14.3 Å². The SMILES string of the molecule is CCCCCC1CN(CC(=O)NCCCCCCCO)C(=O)c2cc(-c3ccc(C)cc3)nn21.